The zero-order chi connectivity index (χ0) is 33.4. The number of fused-ring (bicyclic) bond motifs is 3. The fraction of sp³-hybridized carbons (Fsp3) is 0.256. The molecule has 0 spiro atoms. The number of methoxy groups -OCH3 is 1. The number of nitrogens with one attached hydrogen (secondary N) is 1. The molecule has 7 rings (SSSR count). The van der Waals surface area contributed by atoms with Crippen LogP contribution in [0.4, 0.5) is 17.1 Å². The van der Waals surface area contributed by atoms with Crippen LogP contribution in [-0.4, -0.2) is 41.7 Å². The first-order valence-corrected chi connectivity index (χ1v) is 17.2. The van der Waals surface area contributed by atoms with E-state index in [4.69, 9.17) is 9.47 Å². The fourth-order valence-corrected chi connectivity index (χ4v) is 8.04. The number of halogens is 1. The third-order valence-corrected chi connectivity index (χ3v) is 10.4. The lowest BCUT2D eigenvalue weighted by atomic mass is 9.70. The maximum absolute atomic E-state index is 14.0. The molecule has 48 heavy (non-hydrogen) atoms. The minimum atomic E-state index is -0.430. The Morgan fingerprint density at radius 2 is 1.77 bits per heavy atom. The number of ether oxygens (including phenoxy) is 2. The minimum absolute atomic E-state index is 0.119. The van der Waals surface area contributed by atoms with E-state index >= 15 is 0 Å². The van der Waals surface area contributed by atoms with Gasteiger partial charge in [-0.25, -0.2) is 0 Å². The van der Waals surface area contributed by atoms with E-state index in [2.05, 4.69) is 45.9 Å². The Bertz CT molecular complexity index is 1910. The predicted octanol–water partition coefficient (Wildman–Crippen LogP) is 8.01. The summed E-state index contributed by atoms with van der Waals surface area (Å²) in [6.45, 7) is 2.51. The number of hydrogen-bond donors (Lipinski definition) is 2. The van der Waals surface area contributed by atoms with Crippen molar-refractivity contribution >= 4 is 63.1 Å². The smallest absolute Gasteiger partial charge is 0.238 e. The lowest BCUT2D eigenvalue weighted by Gasteiger charge is -2.30. The molecular formula is C39H36IN3O5. The highest BCUT2D eigenvalue weighted by Gasteiger charge is 2.56. The van der Waals surface area contributed by atoms with E-state index < -0.39 is 5.92 Å². The highest BCUT2D eigenvalue weighted by Crippen LogP contribution is 2.50. The average Bonchev–Trinajstić information content (AvgIpc) is 3.64. The number of imide groups is 1. The number of aromatic nitrogens is 1. The Kier molecular flexibility index (Phi) is 9.07. The molecule has 2 fully saturated rings. The van der Waals surface area contributed by atoms with Gasteiger partial charge in [0.25, 0.3) is 0 Å². The maximum atomic E-state index is 14.0. The zero-order valence-electron chi connectivity index (χ0n) is 26.7. The number of amides is 2. The van der Waals surface area contributed by atoms with Crippen molar-refractivity contribution in [2.24, 2.45) is 17.8 Å². The molecule has 1 aliphatic carbocycles. The van der Waals surface area contributed by atoms with Crippen LogP contribution in [0.5, 0.6) is 11.5 Å². The van der Waals surface area contributed by atoms with Crippen LogP contribution in [0.1, 0.15) is 37.4 Å². The van der Waals surface area contributed by atoms with Crippen LogP contribution >= 0.6 is 22.6 Å². The monoisotopic (exact) mass is 753 g/mol. The van der Waals surface area contributed by atoms with Crippen LogP contribution in [0.15, 0.2) is 102 Å². The molecule has 0 radical (unpaired) electrons. The molecule has 4 aromatic rings. The summed E-state index contributed by atoms with van der Waals surface area (Å²) in [5.74, 6) is -0.675. The summed E-state index contributed by atoms with van der Waals surface area (Å²) in [4.78, 5) is 33.8. The zero-order valence-corrected chi connectivity index (χ0v) is 28.9. The van der Waals surface area contributed by atoms with Crippen LogP contribution in [0.25, 0.3) is 11.6 Å². The van der Waals surface area contributed by atoms with Gasteiger partial charge in [-0.1, -0.05) is 29.8 Å². The molecule has 0 unspecified atom stereocenters. The number of benzene rings is 3. The second kappa shape index (κ2) is 13.6. The van der Waals surface area contributed by atoms with Crippen molar-refractivity contribution in [1.29, 1.82) is 0 Å². The number of carbonyl (C=O) groups excluding carboxylic acids is 2. The number of hydrogen-bond acceptors (Lipinski definition) is 7. The Morgan fingerprint density at radius 3 is 2.50 bits per heavy atom. The molecule has 9 heteroatoms. The van der Waals surface area contributed by atoms with Gasteiger partial charge in [0.1, 0.15) is 0 Å². The van der Waals surface area contributed by atoms with Gasteiger partial charge in [0.05, 0.1) is 46.6 Å². The largest absolute Gasteiger partial charge is 0.504 e. The summed E-state index contributed by atoms with van der Waals surface area (Å²) >= 11 is 2.10. The van der Waals surface area contributed by atoms with Crippen molar-refractivity contribution in [1.82, 2.24) is 4.98 Å². The van der Waals surface area contributed by atoms with Crippen molar-refractivity contribution in [2.45, 2.75) is 32.3 Å². The van der Waals surface area contributed by atoms with Crippen molar-refractivity contribution in [2.75, 3.05) is 23.9 Å². The molecule has 0 bridgehead atoms. The van der Waals surface area contributed by atoms with E-state index in [9.17, 15) is 14.7 Å². The van der Waals surface area contributed by atoms with Gasteiger partial charge in [-0.05, 0) is 132 Å². The lowest BCUT2D eigenvalue weighted by Crippen LogP contribution is -2.34. The van der Waals surface area contributed by atoms with Crippen molar-refractivity contribution < 1.29 is 24.2 Å². The molecule has 2 aliphatic heterocycles. The van der Waals surface area contributed by atoms with E-state index in [1.54, 1.807) is 13.3 Å². The Balaban J connectivity index is 1.09. The number of para-hydroxylation sites is 1. The van der Waals surface area contributed by atoms with E-state index in [1.807, 2.05) is 84.9 Å². The van der Waals surface area contributed by atoms with Crippen LogP contribution in [-0.2, 0) is 14.3 Å². The molecule has 4 atom stereocenters. The molecule has 0 saturated carbocycles. The van der Waals surface area contributed by atoms with Gasteiger partial charge in [-0.15, -0.1) is 0 Å². The van der Waals surface area contributed by atoms with Gasteiger partial charge in [0, 0.05) is 23.5 Å². The fourth-order valence-electron chi connectivity index (χ4n) is 7.41. The number of anilines is 3. The Morgan fingerprint density at radius 1 is 1.02 bits per heavy atom. The summed E-state index contributed by atoms with van der Waals surface area (Å²) in [5, 5.41) is 13.7. The summed E-state index contributed by atoms with van der Waals surface area (Å²) in [6.07, 6.45) is 5.65. The average molecular weight is 754 g/mol. The number of aromatic hydroxyl groups is 1. The molecule has 3 aliphatic rings. The van der Waals surface area contributed by atoms with Gasteiger partial charge in [0.2, 0.25) is 11.8 Å². The van der Waals surface area contributed by atoms with Crippen molar-refractivity contribution in [3.8, 4) is 11.5 Å². The molecule has 2 amide bonds. The first-order chi connectivity index (χ1) is 23.3. The maximum Gasteiger partial charge on any atom is 0.238 e. The highest BCUT2D eigenvalue weighted by molar-refractivity contribution is 14.1. The minimum Gasteiger partial charge on any atom is -0.504 e. The molecular weight excluding hydrogens is 717 g/mol. The first kappa shape index (κ1) is 32.1. The molecule has 3 aromatic carbocycles. The van der Waals surface area contributed by atoms with Gasteiger partial charge < -0.3 is 19.9 Å². The normalized spacial score (nSPS) is 22.1. The Labute approximate surface area is 293 Å². The van der Waals surface area contributed by atoms with Crippen LogP contribution in [0.2, 0.25) is 0 Å². The molecule has 8 nitrogen and oxygen atoms in total. The lowest BCUT2D eigenvalue weighted by molar-refractivity contribution is -0.122. The number of pyridine rings is 1. The molecule has 2 N–H and O–H groups in total. The number of nitrogens with zero attached hydrogens (tertiary/aromatic N) is 2. The molecule has 2 saturated heterocycles. The van der Waals surface area contributed by atoms with Crippen LogP contribution in [0, 0.1) is 21.3 Å². The van der Waals surface area contributed by atoms with Crippen LogP contribution in [0.3, 0.4) is 0 Å². The SMILES string of the molecule is COc1cc(/C=C(/CC[C@H]2OC[C@H]3C2=C(C)C[C@H]2C(=O)N(c4ccc(Nc5ccccc5)cc4)C(=O)[C@H]23)c2ccccn2)cc(I)c1O. The van der Waals surface area contributed by atoms with E-state index in [-0.39, 0.29) is 35.5 Å². The second-order valence-electron chi connectivity index (χ2n) is 12.5. The topological polar surface area (TPSA) is 101 Å². The standard InChI is InChI=1S/C39H36IN3O5/c1-23-18-29-36(39(46)43(38(29)45)28-14-12-27(13-15-28)42-26-8-4-3-5-9-26)30-22-48-33(35(23)30)16-11-25(32-10-6-7-17-41-32)19-24-20-31(40)37(44)34(21-24)47-2/h3-10,12-15,17,19-21,29-30,33,36,42,44H,11,16,18,22H2,1-2H3/b25-19-/t29-,30+,33-,36-/m1/s1. The number of carbonyl (C=O) groups is 2. The summed E-state index contributed by atoms with van der Waals surface area (Å²) in [7, 11) is 1.54. The third-order valence-electron chi connectivity index (χ3n) is 9.62. The third kappa shape index (κ3) is 6.12. The molecule has 1 aromatic heterocycles. The van der Waals surface area contributed by atoms with E-state index in [0.717, 1.165) is 33.8 Å². The number of phenols is 1. The number of rotatable bonds is 9. The van der Waals surface area contributed by atoms with Gasteiger partial charge in [-0.3, -0.25) is 19.5 Å². The Hall–Kier alpha value is -4.48. The first-order valence-electron chi connectivity index (χ1n) is 16.1. The summed E-state index contributed by atoms with van der Waals surface area (Å²) < 4.78 is 12.5. The molecule has 244 valence electrons. The predicted molar refractivity (Wildman–Crippen MR) is 195 cm³/mol. The second-order valence-corrected chi connectivity index (χ2v) is 13.7. The van der Waals surface area contributed by atoms with Crippen LogP contribution < -0.4 is 15.0 Å². The highest BCUT2D eigenvalue weighted by atomic mass is 127. The van der Waals surface area contributed by atoms with Crippen molar-refractivity contribution in [3.05, 3.63) is 117 Å². The van der Waals surface area contributed by atoms with Gasteiger partial charge in [0.15, 0.2) is 11.5 Å². The summed E-state index contributed by atoms with van der Waals surface area (Å²) in [6, 6.07) is 26.9. The quantitative estimate of drug-likeness (QED) is 0.102. The molecule has 3 heterocycles. The number of allylic oxidation sites excluding steroid dienone is 2. The van der Waals surface area contributed by atoms with E-state index in [0.29, 0.717) is 40.9 Å². The summed E-state index contributed by atoms with van der Waals surface area (Å²) in [5.41, 5.74) is 7.55. The van der Waals surface area contributed by atoms with Gasteiger partial charge >= 0.3 is 0 Å². The number of phenolic OH excluding ortho intramolecular Hbond substituents is 1. The van der Waals surface area contributed by atoms with Crippen molar-refractivity contribution in [3.63, 3.8) is 0 Å². The van der Waals surface area contributed by atoms with Gasteiger partial charge in [-0.2, -0.15) is 0 Å². The van der Waals surface area contributed by atoms with E-state index in [1.165, 1.54) is 10.5 Å².